The van der Waals surface area contributed by atoms with Crippen molar-refractivity contribution in [3.63, 3.8) is 0 Å². The third kappa shape index (κ3) is 1.78. The number of nitrogens with two attached hydrogens (primary N) is 1. The molecule has 0 aliphatic carbocycles. The van der Waals surface area contributed by atoms with Crippen LogP contribution >= 0.6 is 11.3 Å². The lowest BCUT2D eigenvalue weighted by atomic mass is 10.1. The van der Waals surface area contributed by atoms with Gasteiger partial charge in [-0.05, 0) is 30.0 Å². The van der Waals surface area contributed by atoms with Gasteiger partial charge >= 0.3 is 0 Å². The minimum Gasteiger partial charge on any atom is -0.398 e. The number of anilines is 1. The molecule has 0 saturated heterocycles. The van der Waals surface area contributed by atoms with Crippen LogP contribution in [0.25, 0.3) is 22.2 Å². The van der Waals surface area contributed by atoms with Gasteiger partial charge in [0.15, 0.2) is 0 Å². The fraction of sp³-hybridized carbons (Fsp3) is 0.0769. The molecule has 0 saturated carbocycles. The second kappa shape index (κ2) is 4.27. The second-order valence-electron chi connectivity index (χ2n) is 3.94. The number of nitrogens with zero attached hydrogens (tertiary/aromatic N) is 2. The Labute approximate surface area is 108 Å². The van der Waals surface area contributed by atoms with Crippen molar-refractivity contribution >= 4 is 17.0 Å². The maximum atomic E-state index is 6.02. The summed E-state index contributed by atoms with van der Waals surface area (Å²) in [4.78, 5) is 5.36. The molecule has 0 spiro atoms. The van der Waals surface area contributed by atoms with Crippen LogP contribution in [0.1, 0.15) is 5.56 Å². The zero-order valence-electron chi connectivity index (χ0n) is 9.75. The maximum Gasteiger partial charge on any atom is 0.260 e. The number of rotatable bonds is 2. The predicted molar refractivity (Wildman–Crippen MR) is 72.2 cm³/mol. The molecule has 18 heavy (non-hydrogen) atoms. The second-order valence-corrected chi connectivity index (χ2v) is 4.88. The van der Waals surface area contributed by atoms with Crippen LogP contribution in [0.15, 0.2) is 40.2 Å². The van der Waals surface area contributed by atoms with Gasteiger partial charge in [0, 0.05) is 5.69 Å². The van der Waals surface area contributed by atoms with Crippen molar-refractivity contribution in [3.8, 4) is 22.2 Å². The van der Waals surface area contributed by atoms with E-state index in [0.29, 0.717) is 17.4 Å². The van der Waals surface area contributed by atoms with Gasteiger partial charge in [-0.15, -0.1) is 11.3 Å². The molecule has 5 heteroatoms. The van der Waals surface area contributed by atoms with Crippen molar-refractivity contribution < 1.29 is 4.52 Å². The van der Waals surface area contributed by atoms with E-state index in [9.17, 15) is 0 Å². The molecule has 90 valence electrons. The van der Waals surface area contributed by atoms with Crippen molar-refractivity contribution in [2.75, 3.05) is 5.73 Å². The molecule has 2 N–H and O–H groups in total. The molecule has 0 radical (unpaired) electrons. The molecular formula is C13H11N3OS. The first-order valence-corrected chi connectivity index (χ1v) is 6.37. The minimum atomic E-state index is 0.458. The van der Waals surface area contributed by atoms with E-state index >= 15 is 0 Å². The number of hydrogen-bond donors (Lipinski definition) is 1. The third-order valence-corrected chi connectivity index (χ3v) is 3.59. The van der Waals surface area contributed by atoms with Gasteiger partial charge in [-0.2, -0.15) is 4.98 Å². The molecule has 0 atom stereocenters. The first-order valence-electron chi connectivity index (χ1n) is 5.49. The van der Waals surface area contributed by atoms with Crippen molar-refractivity contribution in [2.24, 2.45) is 0 Å². The van der Waals surface area contributed by atoms with Crippen LogP contribution in [-0.4, -0.2) is 10.1 Å². The summed E-state index contributed by atoms with van der Waals surface area (Å²) in [6.45, 7) is 1.95. The predicted octanol–water partition coefficient (Wildman–Crippen LogP) is 3.36. The number of benzene rings is 1. The molecule has 0 unspecified atom stereocenters. The Morgan fingerprint density at radius 1 is 1.22 bits per heavy atom. The van der Waals surface area contributed by atoms with Gasteiger partial charge in [-0.3, -0.25) is 0 Å². The molecule has 0 fully saturated rings. The fourth-order valence-electron chi connectivity index (χ4n) is 1.71. The van der Waals surface area contributed by atoms with Gasteiger partial charge in [-0.1, -0.05) is 23.4 Å². The average molecular weight is 257 g/mol. The molecule has 2 heterocycles. The molecule has 0 amide bonds. The van der Waals surface area contributed by atoms with Crippen molar-refractivity contribution in [2.45, 2.75) is 6.92 Å². The van der Waals surface area contributed by atoms with Crippen LogP contribution in [0.5, 0.6) is 0 Å². The molecule has 1 aromatic carbocycles. The van der Waals surface area contributed by atoms with Gasteiger partial charge in [-0.25, -0.2) is 0 Å². The molecule has 3 rings (SSSR count). The summed E-state index contributed by atoms with van der Waals surface area (Å²) >= 11 is 1.58. The SMILES string of the molecule is Cc1cccc(-c2nc(-c3cccs3)no2)c1N. The van der Waals surface area contributed by atoms with E-state index in [4.69, 9.17) is 10.3 Å². The van der Waals surface area contributed by atoms with Gasteiger partial charge in [0.1, 0.15) is 0 Å². The summed E-state index contributed by atoms with van der Waals surface area (Å²) in [6.07, 6.45) is 0. The Morgan fingerprint density at radius 3 is 2.89 bits per heavy atom. The van der Waals surface area contributed by atoms with E-state index in [1.165, 1.54) is 0 Å². The highest BCUT2D eigenvalue weighted by molar-refractivity contribution is 7.13. The summed E-state index contributed by atoms with van der Waals surface area (Å²) in [6, 6.07) is 9.68. The Balaban J connectivity index is 2.06. The fourth-order valence-corrected chi connectivity index (χ4v) is 2.36. The monoisotopic (exact) mass is 257 g/mol. The van der Waals surface area contributed by atoms with Gasteiger partial charge in [0.2, 0.25) is 5.82 Å². The largest absolute Gasteiger partial charge is 0.398 e. The quantitative estimate of drug-likeness (QED) is 0.715. The molecule has 3 aromatic rings. The third-order valence-electron chi connectivity index (χ3n) is 2.72. The lowest BCUT2D eigenvalue weighted by Gasteiger charge is -2.02. The average Bonchev–Trinajstić information content (AvgIpc) is 3.01. The van der Waals surface area contributed by atoms with Crippen molar-refractivity contribution in [1.82, 2.24) is 10.1 Å². The zero-order chi connectivity index (χ0) is 12.5. The molecular weight excluding hydrogens is 246 g/mol. The van der Waals surface area contributed by atoms with Crippen LogP contribution in [0.4, 0.5) is 5.69 Å². The van der Waals surface area contributed by atoms with E-state index in [2.05, 4.69) is 10.1 Å². The summed E-state index contributed by atoms with van der Waals surface area (Å²) < 4.78 is 5.28. The smallest absolute Gasteiger partial charge is 0.260 e. The van der Waals surface area contributed by atoms with Crippen LogP contribution in [0.2, 0.25) is 0 Å². The van der Waals surface area contributed by atoms with E-state index in [1.54, 1.807) is 11.3 Å². The van der Waals surface area contributed by atoms with E-state index < -0.39 is 0 Å². The van der Waals surface area contributed by atoms with Gasteiger partial charge < -0.3 is 10.3 Å². The topological polar surface area (TPSA) is 64.9 Å². The number of aromatic nitrogens is 2. The highest BCUT2D eigenvalue weighted by atomic mass is 32.1. The van der Waals surface area contributed by atoms with E-state index in [0.717, 1.165) is 16.0 Å². The zero-order valence-corrected chi connectivity index (χ0v) is 10.6. The standard InChI is InChI=1S/C13H11N3OS/c1-8-4-2-5-9(11(8)14)13-15-12(16-17-13)10-6-3-7-18-10/h2-7H,14H2,1H3. The number of aryl methyl sites for hydroxylation is 1. The molecule has 0 aliphatic rings. The van der Waals surface area contributed by atoms with Crippen LogP contribution < -0.4 is 5.73 Å². The molecule has 0 bridgehead atoms. The molecule has 0 aliphatic heterocycles. The summed E-state index contributed by atoms with van der Waals surface area (Å²) in [7, 11) is 0. The highest BCUT2D eigenvalue weighted by Crippen LogP contribution is 2.29. The van der Waals surface area contributed by atoms with Crippen LogP contribution in [-0.2, 0) is 0 Å². The summed E-state index contributed by atoms with van der Waals surface area (Å²) in [5.41, 5.74) is 8.48. The number of hydrogen-bond acceptors (Lipinski definition) is 5. The van der Waals surface area contributed by atoms with E-state index in [1.807, 2.05) is 42.6 Å². The Hall–Kier alpha value is -2.14. The lowest BCUT2D eigenvalue weighted by molar-refractivity contribution is 0.432. The van der Waals surface area contributed by atoms with Crippen LogP contribution in [0, 0.1) is 6.92 Å². The Morgan fingerprint density at radius 2 is 2.11 bits per heavy atom. The first-order chi connectivity index (χ1) is 8.75. The molecule has 2 aromatic heterocycles. The van der Waals surface area contributed by atoms with Crippen molar-refractivity contribution in [1.29, 1.82) is 0 Å². The Kier molecular flexibility index (Phi) is 2.60. The molecule has 4 nitrogen and oxygen atoms in total. The van der Waals surface area contributed by atoms with Crippen molar-refractivity contribution in [3.05, 3.63) is 41.3 Å². The first kappa shape index (κ1) is 11.0. The highest BCUT2D eigenvalue weighted by Gasteiger charge is 2.14. The van der Waals surface area contributed by atoms with E-state index in [-0.39, 0.29) is 0 Å². The summed E-state index contributed by atoms with van der Waals surface area (Å²) in [5.74, 6) is 1.06. The van der Waals surface area contributed by atoms with Gasteiger partial charge in [0.05, 0.1) is 10.4 Å². The lowest BCUT2D eigenvalue weighted by Crippen LogP contribution is -1.93. The van der Waals surface area contributed by atoms with Crippen LogP contribution in [0.3, 0.4) is 0 Å². The van der Waals surface area contributed by atoms with Gasteiger partial charge in [0.25, 0.3) is 5.89 Å². The minimum absolute atomic E-state index is 0.458. The number of nitrogen functional groups attached to an aromatic ring is 1. The Bertz CT molecular complexity index is 673. The maximum absolute atomic E-state index is 6.02. The number of thiophene rings is 1. The normalized spacial score (nSPS) is 10.7. The summed E-state index contributed by atoms with van der Waals surface area (Å²) in [5, 5.41) is 5.95. The number of para-hydroxylation sites is 1.